The fourth-order valence-corrected chi connectivity index (χ4v) is 4.33. The van der Waals surface area contributed by atoms with E-state index in [1.54, 1.807) is 24.3 Å². The van der Waals surface area contributed by atoms with Gasteiger partial charge in [0, 0.05) is 41.9 Å². The van der Waals surface area contributed by atoms with Gasteiger partial charge in [-0.3, -0.25) is 4.79 Å². The standard InChI is InChI=1S/C25H21F2N3O5/c1-32-14-4-5-16(19(26)11-14)23(31)30-13-3-6-21-17(9-13)25(7-8-29-24(28)35-25)18-10-15(33-2)12-20(27)22(18)34-21/h3-6,9-12H,7-8H2,1-2H3,(H2,28,29)(H,30,31)/t25-/m0/s1. The molecule has 0 unspecified atom stereocenters. The Kier molecular flexibility index (Phi) is 5.43. The Morgan fingerprint density at radius 3 is 2.51 bits per heavy atom. The summed E-state index contributed by atoms with van der Waals surface area (Å²) in [6, 6.07) is 11.5. The molecule has 1 atom stereocenters. The molecule has 2 aliphatic rings. The lowest BCUT2D eigenvalue weighted by molar-refractivity contribution is 0.0624. The fraction of sp³-hybridized carbons (Fsp3) is 0.200. The van der Waals surface area contributed by atoms with Gasteiger partial charge in [-0.05, 0) is 36.4 Å². The van der Waals surface area contributed by atoms with E-state index in [1.165, 1.54) is 32.4 Å². The lowest BCUT2D eigenvalue weighted by Gasteiger charge is -2.41. The molecule has 0 saturated heterocycles. The van der Waals surface area contributed by atoms with Gasteiger partial charge in [-0.15, -0.1) is 0 Å². The van der Waals surface area contributed by atoms with Crippen molar-refractivity contribution in [3.8, 4) is 23.0 Å². The summed E-state index contributed by atoms with van der Waals surface area (Å²) in [7, 11) is 2.83. The van der Waals surface area contributed by atoms with Crippen molar-refractivity contribution >= 4 is 17.6 Å². The average molecular weight is 481 g/mol. The van der Waals surface area contributed by atoms with Crippen LogP contribution in [0.5, 0.6) is 23.0 Å². The number of amides is 1. The molecule has 10 heteroatoms. The lowest BCUT2D eigenvalue weighted by Crippen LogP contribution is -2.42. The Labute approximate surface area is 199 Å². The van der Waals surface area contributed by atoms with Gasteiger partial charge in [0.1, 0.15) is 23.1 Å². The van der Waals surface area contributed by atoms with Crippen molar-refractivity contribution in [1.29, 1.82) is 0 Å². The van der Waals surface area contributed by atoms with Crippen molar-refractivity contribution in [2.24, 2.45) is 10.7 Å². The maximum atomic E-state index is 15.0. The number of fused-ring (bicyclic) bond motifs is 4. The molecule has 5 rings (SSSR count). The van der Waals surface area contributed by atoms with E-state index in [0.29, 0.717) is 41.3 Å². The third-order valence-electron chi connectivity index (χ3n) is 6.00. The molecule has 0 aliphatic carbocycles. The second kappa shape index (κ2) is 8.46. The maximum Gasteiger partial charge on any atom is 0.283 e. The molecule has 3 N–H and O–H groups in total. The Hall–Kier alpha value is -4.34. The van der Waals surface area contributed by atoms with Gasteiger partial charge in [-0.2, -0.15) is 0 Å². The highest BCUT2D eigenvalue weighted by Crippen LogP contribution is 2.53. The topological polar surface area (TPSA) is 104 Å². The van der Waals surface area contributed by atoms with E-state index in [2.05, 4.69) is 10.3 Å². The van der Waals surface area contributed by atoms with Gasteiger partial charge < -0.3 is 30.0 Å². The van der Waals surface area contributed by atoms with E-state index in [-0.39, 0.29) is 23.1 Å². The molecule has 0 aromatic heterocycles. The average Bonchev–Trinajstić information content (AvgIpc) is 2.85. The zero-order valence-electron chi connectivity index (χ0n) is 18.9. The van der Waals surface area contributed by atoms with Crippen LogP contribution in [-0.4, -0.2) is 32.7 Å². The number of ether oxygens (including phenoxy) is 4. The molecule has 0 radical (unpaired) electrons. The molecular weight excluding hydrogens is 460 g/mol. The highest BCUT2D eigenvalue weighted by Gasteiger charge is 2.48. The highest BCUT2D eigenvalue weighted by molar-refractivity contribution is 6.04. The molecule has 0 bridgehead atoms. The van der Waals surface area contributed by atoms with E-state index >= 15 is 0 Å². The maximum absolute atomic E-state index is 15.0. The van der Waals surface area contributed by atoms with Crippen molar-refractivity contribution in [2.45, 2.75) is 12.0 Å². The van der Waals surface area contributed by atoms with Crippen molar-refractivity contribution in [3.05, 3.63) is 76.9 Å². The molecule has 3 aromatic rings. The van der Waals surface area contributed by atoms with Crippen LogP contribution in [0.1, 0.15) is 27.9 Å². The number of rotatable bonds is 4. The van der Waals surface area contributed by atoms with Gasteiger partial charge in [0.25, 0.3) is 11.9 Å². The van der Waals surface area contributed by atoms with Gasteiger partial charge in [0.2, 0.25) is 0 Å². The number of hydrogen-bond acceptors (Lipinski definition) is 7. The highest BCUT2D eigenvalue weighted by atomic mass is 19.1. The van der Waals surface area contributed by atoms with Gasteiger partial charge in [0.15, 0.2) is 17.2 Å². The number of anilines is 1. The number of aliphatic imine (C=N–C) groups is 1. The van der Waals surface area contributed by atoms with E-state index in [1.807, 2.05) is 0 Å². The third kappa shape index (κ3) is 3.76. The van der Waals surface area contributed by atoms with Crippen LogP contribution in [0.2, 0.25) is 0 Å². The van der Waals surface area contributed by atoms with E-state index in [0.717, 1.165) is 6.07 Å². The van der Waals surface area contributed by atoms with Crippen LogP contribution in [0.4, 0.5) is 14.5 Å². The number of methoxy groups -OCH3 is 2. The van der Waals surface area contributed by atoms with Crippen molar-refractivity contribution in [2.75, 3.05) is 26.1 Å². The second-order valence-electron chi connectivity index (χ2n) is 8.00. The molecule has 0 fully saturated rings. The number of hydrogen-bond donors (Lipinski definition) is 2. The smallest absolute Gasteiger partial charge is 0.283 e. The summed E-state index contributed by atoms with van der Waals surface area (Å²) < 4.78 is 51.5. The molecular formula is C25H21F2N3O5. The molecule has 2 aliphatic heterocycles. The van der Waals surface area contributed by atoms with Crippen molar-refractivity contribution in [3.63, 3.8) is 0 Å². The molecule has 0 saturated carbocycles. The Morgan fingerprint density at radius 2 is 1.80 bits per heavy atom. The molecule has 1 spiro atoms. The normalized spacial score (nSPS) is 17.9. The SMILES string of the molecule is COc1ccc(C(=O)Nc2ccc3c(c2)[C@@]2(CCN=C(N)O2)c2cc(OC)cc(F)c2O3)c(F)c1. The molecule has 35 heavy (non-hydrogen) atoms. The Balaban J connectivity index is 1.57. The first-order valence-electron chi connectivity index (χ1n) is 10.7. The van der Waals surface area contributed by atoms with Crippen LogP contribution < -0.4 is 25.3 Å². The number of carbonyl (C=O) groups is 1. The first-order valence-corrected chi connectivity index (χ1v) is 10.7. The summed E-state index contributed by atoms with van der Waals surface area (Å²) in [6.45, 7) is 0.317. The van der Waals surface area contributed by atoms with Crippen LogP contribution >= 0.6 is 0 Å². The zero-order valence-corrected chi connectivity index (χ0v) is 18.9. The third-order valence-corrected chi connectivity index (χ3v) is 6.00. The lowest BCUT2D eigenvalue weighted by atomic mass is 9.79. The van der Waals surface area contributed by atoms with Crippen molar-refractivity contribution < 1.29 is 32.5 Å². The van der Waals surface area contributed by atoms with Gasteiger partial charge in [-0.1, -0.05) is 0 Å². The summed E-state index contributed by atoms with van der Waals surface area (Å²) in [5.41, 5.74) is 5.78. The quantitative estimate of drug-likeness (QED) is 0.575. The largest absolute Gasteiger partial charge is 0.497 e. The fourth-order valence-electron chi connectivity index (χ4n) is 4.33. The van der Waals surface area contributed by atoms with Crippen LogP contribution in [-0.2, 0) is 10.3 Å². The Morgan fingerprint density at radius 1 is 1.03 bits per heavy atom. The van der Waals surface area contributed by atoms with Crippen molar-refractivity contribution in [1.82, 2.24) is 0 Å². The molecule has 3 aromatic carbocycles. The number of carbonyl (C=O) groups excluding carboxylic acids is 1. The summed E-state index contributed by atoms with van der Waals surface area (Å²) in [5, 5.41) is 2.69. The number of nitrogens with two attached hydrogens (primary N) is 1. The minimum Gasteiger partial charge on any atom is -0.497 e. The van der Waals surface area contributed by atoms with Crippen LogP contribution in [0.3, 0.4) is 0 Å². The summed E-state index contributed by atoms with van der Waals surface area (Å²) in [6.07, 6.45) is 0.328. The predicted molar refractivity (Wildman–Crippen MR) is 123 cm³/mol. The minimum absolute atomic E-state index is 0.00918. The van der Waals surface area contributed by atoms with Crippen LogP contribution in [0.25, 0.3) is 0 Å². The summed E-state index contributed by atoms with van der Waals surface area (Å²) >= 11 is 0. The summed E-state index contributed by atoms with van der Waals surface area (Å²) in [5.74, 6) is -1.12. The number of nitrogens with one attached hydrogen (secondary N) is 1. The number of halogens is 2. The van der Waals surface area contributed by atoms with Crippen LogP contribution in [0, 0.1) is 11.6 Å². The first-order chi connectivity index (χ1) is 16.8. The molecule has 8 nitrogen and oxygen atoms in total. The number of amidine groups is 1. The molecule has 1 amide bonds. The number of nitrogens with zero attached hydrogens (tertiary/aromatic N) is 1. The van der Waals surface area contributed by atoms with E-state index in [4.69, 9.17) is 24.7 Å². The molecule has 180 valence electrons. The first kappa shape index (κ1) is 22.5. The van der Waals surface area contributed by atoms with Crippen LogP contribution in [0.15, 0.2) is 53.5 Å². The monoisotopic (exact) mass is 481 g/mol. The second-order valence-corrected chi connectivity index (χ2v) is 8.00. The molecule has 2 heterocycles. The van der Waals surface area contributed by atoms with Gasteiger partial charge in [-0.25, -0.2) is 13.8 Å². The predicted octanol–water partition coefficient (Wildman–Crippen LogP) is 4.32. The van der Waals surface area contributed by atoms with E-state index < -0.39 is 23.1 Å². The minimum atomic E-state index is -1.24. The summed E-state index contributed by atoms with van der Waals surface area (Å²) in [4.78, 5) is 16.9. The van der Waals surface area contributed by atoms with Gasteiger partial charge >= 0.3 is 0 Å². The Bertz CT molecular complexity index is 1380. The van der Waals surface area contributed by atoms with Gasteiger partial charge in [0.05, 0.1) is 19.8 Å². The zero-order chi connectivity index (χ0) is 24.7. The van der Waals surface area contributed by atoms with E-state index in [9.17, 15) is 13.6 Å². The number of benzene rings is 3.